The van der Waals surface area contributed by atoms with E-state index in [0.717, 1.165) is 0 Å². The topological polar surface area (TPSA) is 107 Å². The summed E-state index contributed by atoms with van der Waals surface area (Å²) in [6, 6.07) is -1.28. The summed E-state index contributed by atoms with van der Waals surface area (Å²) in [7, 11) is 0. The fraction of sp³-hybridized carbons (Fsp3) is 0.400. The fourth-order valence-corrected chi connectivity index (χ4v) is 0.406. The summed E-state index contributed by atoms with van der Waals surface area (Å²) < 4.78 is 3.80. The summed E-state index contributed by atoms with van der Waals surface area (Å²) in [5.41, 5.74) is 4.99. The first-order valence-corrected chi connectivity index (χ1v) is 2.69. The smallest absolute Gasteiger partial charge is 0.330 e. The lowest BCUT2D eigenvalue weighted by Gasteiger charge is -2.03. The Bertz CT molecular complexity index is 178. The Labute approximate surface area is 61.9 Å². The SMILES string of the molecule is N[C@@H](CC(=O)O)C(=O)OC=O. The molecule has 6 heteroatoms. The normalized spacial score (nSPS) is 11.7. The fourth-order valence-electron chi connectivity index (χ4n) is 0.406. The molecule has 0 aliphatic rings. The van der Waals surface area contributed by atoms with Gasteiger partial charge in [-0.05, 0) is 0 Å². The van der Waals surface area contributed by atoms with Crippen LogP contribution in [0.15, 0.2) is 0 Å². The highest BCUT2D eigenvalue weighted by atomic mass is 16.6. The van der Waals surface area contributed by atoms with Crippen LogP contribution in [0.5, 0.6) is 0 Å². The van der Waals surface area contributed by atoms with Crippen LogP contribution in [0.2, 0.25) is 0 Å². The maximum atomic E-state index is 10.4. The predicted molar refractivity (Wildman–Crippen MR) is 32.4 cm³/mol. The Kier molecular flexibility index (Phi) is 3.82. The van der Waals surface area contributed by atoms with Crippen molar-refractivity contribution in [3.8, 4) is 0 Å². The highest BCUT2D eigenvalue weighted by molar-refractivity contribution is 5.85. The molecular formula is C5H7NO5. The third kappa shape index (κ3) is 4.04. The van der Waals surface area contributed by atoms with Crippen molar-refractivity contribution >= 4 is 18.4 Å². The molecule has 1 atom stereocenters. The van der Waals surface area contributed by atoms with Crippen LogP contribution in [0, 0.1) is 0 Å². The van der Waals surface area contributed by atoms with Crippen LogP contribution in [-0.2, 0) is 19.1 Å². The maximum absolute atomic E-state index is 10.4. The van der Waals surface area contributed by atoms with Gasteiger partial charge in [0.2, 0.25) is 0 Å². The molecule has 0 aromatic carbocycles. The van der Waals surface area contributed by atoms with Crippen LogP contribution in [0.1, 0.15) is 6.42 Å². The van der Waals surface area contributed by atoms with E-state index < -0.39 is 24.4 Å². The van der Waals surface area contributed by atoms with Gasteiger partial charge in [-0.2, -0.15) is 0 Å². The van der Waals surface area contributed by atoms with E-state index in [1.165, 1.54) is 0 Å². The first kappa shape index (κ1) is 9.57. The van der Waals surface area contributed by atoms with Gasteiger partial charge in [-0.3, -0.25) is 9.59 Å². The molecule has 0 unspecified atom stereocenters. The van der Waals surface area contributed by atoms with Crippen LogP contribution in [0.25, 0.3) is 0 Å². The number of hydrogen-bond acceptors (Lipinski definition) is 5. The van der Waals surface area contributed by atoms with Gasteiger partial charge in [0.1, 0.15) is 6.04 Å². The predicted octanol–water partition coefficient (Wildman–Crippen LogP) is -1.51. The van der Waals surface area contributed by atoms with Crippen LogP contribution >= 0.6 is 0 Å². The summed E-state index contributed by atoms with van der Waals surface area (Å²) in [4.78, 5) is 29.9. The zero-order valence-electron chi connectivity index (χ0n) is 5.52. The summed E-state index contributed by atoms with van der Waals surface area (Å²) in [6.45, 7) is -0.0932. The number of carbonyl (C=O) groups is 3. The van der Waals surface area contributed by atoms with E-state index in [-0.39, 0.29) is 6.47 Å². The van der Waals surface area contributed by atoms with Crippen LogP contribution < -0.4 is 5.73 Å². The zero-order chi connectivity index (χ0) is 8.85. The van der Waals surface area contributed by atoms with Crippen LogP contribution in [-0.4, -0.2) is 29.6 Å². The van der Waals surface area contributed by atoms with Gasteiger partial charge in [0.25, 0.3) is 0 Å². The molecule has 62 valence electrons. The van der Waals surface area contributed by atoms with Gasteiger partial charge in [-0.1, -0.05) is 0 Å². The molecule has 0 aromatic heterocycles. The second-order valence-electron chi connectivity index (χ2n) is 1.74. The average Bonchev–Trinajstić information content (AvgIpc) is 1.86. The molecule has 0 radical (unpaired) electrons. The first-order chi connectivity index (χ1) is 5.07. The molecule has 0 bridgehead atoms. The molecule has 0 amide bonds. The number of ether oxygens (including phenoxy) is 1. The number of nitrogens with two attached hydrogens (primary N) is 1. The number of aliphatic carboxylic acids is 1. The lowest BCUT2D eigenvalue weighted by atomic mass is 10.2. The molecule has 0 saturated carbocycles. The lowest BCUT2D eigenvalue weighted by Crippen LogP contribution is -2.34. The third-order valence-corrected chi connectivity index (χ3v) is 0.862. The molecular weight excluding hydrogens is 154 g/mol. The van der Waals surface area contributed by atoms with E-state index in [1.807, 2.05) is 0 Å². The molecule has 6 nitrogen and oxygen atoms in total. The minimum atomic E-state index is -1.28. The average molecular weight is 161 g/mol. The summed E-state index contributed by atoms with van der Waals surface area (Å²) in [5, 5.41) is 8.12. The summed E-state index contributed by atoms with van der Waals surface area (Å²) in [6.07, 6.45) is -0.549. The number of esters is 1. The molecule has 0 aromatic rings. The first-order valence-electron chi connectivity index (χ1n) is 2.69. The zero-order valence-corrected chi connectivity index (χ0v) is 5.52. The molecule has 0 aliphatic carbocycles. The van der Waals surface area contributed by atoms with E-state index in [9.17, 15) is 14.4 Å². The highest BCUT2D eigenvalue weighted by Gasteiger charge is 2.17. The van der Waals surface area contributed by atoms with E-state index in [0.29, 0.717) is 0 Å². The molecule has 0 fully saturated rings. The van der Waals surface area contributed by atoms with Crippen LogP contribution in [0.3, 0.4) is 0 Å². The monoisotopic (exact) mass is 161 g/mol. The second kappa shape index (κ2) is 4.40. The van der Waals surface area contributed by atoms with E-state index >= 15 is 0 Å². The van der Waals surface area contributed by atoms with E-state index in [4.69, 9.17) is 10.8 Å². The minimum Gasteiger partial charge on any atom is -0.481 e. The summed E-state index contributed by atoms with van der Waals surface area (Å²) >= 11 is 0. The number of carbonyl (C=O) groups excluding carboxylic acids is 2. The number of hydrogen-bond donors (Lipinski definition) is 2. The largest absolute Gasteiger partial charge is 0.481 e. The van der Waals surface area contributed by atoms with Crippen molar-refractivity contribution in [2.45, 2.75) is 12.5 Å². The van der Waals surface area contributed by atoms with Gasteiger partial charge < -0.3 is 15.6 Å². The van der Waals surface area contributed by atoms with Crippen molar-refractivity contribution in [2.75, 3.05) is 0 Å². The number of carboxylic acid groups (broad SMARTS) is 1. The Balaban J connectivity index is 3.81. The van der Waals surface area contributed by atoms with Gasteiger partial charge in [0, 0.05) is 0 Å². The van der Waals surface area contributed by atoms with Crippen molar-refractivity contribution in [3.63, 3.8) is 0 Å². The number of rotatable bonds is 4. The molecule has 0 saturated heterocycles. The van der Waals surface area contributed by atoms with Gasteiger partial charge in [-0.15, -0.1) is 0 Å². The van der Waals surface area contributed by atoms with Crippen molar-refractivity contribution < 1.29 is 24.2 Å². The molecule has 11 heavy (non-hydrogen) atoms. The Morgan fingerprint density at radius 1 is 1.64 bits per heavy atom. The minimum absolute atomic E-state index is 0.0932. The van der Waals surface area contributed by atoms with Crippen molar-refractivity contribution in [2.24, 2.45) is 5.73 Å². The molecule has 0 rings (SSSR count). The van der Waals surface area contributed by atoms with Gasteiger partial charge in [0.05, 0.1) is 6.42 Å². The Morgan fingerprint density at radius 3 is 2.55 bits per heavy atom. The second-order valence-corrected chi connectivity index (χ2v) is 1.74. The highest BCUT2D eigenvalue weighted by Crippen LogP contribution is 1.90. The molecule has 0 aliphatic heterocycles. The lowest BCUT2D eigenvalue weighted by molar-refractivity contribution is -0.154. The Hall–Kier alpha value is -1.43. The Morgan fingerprint density at radius 2 is 2.18 bits per heavy atom. The molecule has 3 N–H and O–H groups in total. The van der Waals surface area contributed by atoms with Gasteiger partial charge in [0.15, 0.2) is 0 Å². The van der Waals surface area contributed by atoms with E-state index in [1.54, 1.807) is 0 Å². The van der Waals surface area contributed by atoms with Crippen LogP contribution in [0.4, 0.5) is 0 Å². The van der Waals surface area contributed by atoms with Crippen molar-refractivity contribution in [1.82, 2.24) is 0 Å². The third-order valence-electron chi connectivity index (χ3n) is 0.862. The van der Waals surface area contributed by atoms with Gasteiger partial charge in [-0.25, -0.2) is 4.79 Å². The molecule has 0 heterocycles. The summed E-state index contributed by atoms with van der Waals surface area (Å²) in [5.74, 6) is -2.26. The quantitative estimate of drug-likeness (QED) is 0.295. The van der Waals surface area contributed by atoms with Crippen molar-refractivity contribution in [1.29, 1.82) is 0 Å². The van der Waals surface area contributed by atoms with E-state index in [2.05, 4.69) is 4.74 Å². The standard InChI is InChI=1S/C5H7NO5/c6-3(1-4(8)9)5(10)11-2-7/h2-3H,1,6H2,(H,8,9)/t3-/m0/s1. The maximum Gasteiger partial charge on any atom is 0.330 e. The number of carboxylic acids is 1. The van der Waals surface area contributed by atoms with Crippen molar-refractivity contribution in [3.05, 3.63) is 0 Å². The molecule has 0 spiro atoms. The van der Waals surface area contributed by atoms with Gasteiger partial charge >= 0.3 is 18.4 Å².